The lowest BCUT2D eigenvalue weighted by molar-refractivity contribution is 0.649. The highest BCUT2D eigenvalue weighted by Gasteiger charge is 2.13. The largest absolute Gasteiger partial charge is 0.346 e. The third kappa shape index (κ3) is 3.17. The molecule has 0 spiro atoms. The van der Waals surface area contributed by atoms with Gasteiger partial charge in [-0.2, -0.15) is 0 Å². The third-order valence-electron chi connectivity index (χ3n) is 3.48. The van der Waals surface area contributed by atoms with Crippen LogP contribution in [0.3, 0.4) is 0 Å². The number of anilines is 1. The number of H-pyrrole nitrogens is 1. The number of aromatic amines is 1. The maximum atomic E-state index is 14.1. The minimum Gasteiger partial charge on any atom is -0.346 e. The molecule has 0 aliphatic carbocycles. The Bertz CT molecular complexity index is 896. The second kappa shape index (κ2) is 7.04. The Labute approximate surface area is 139 Å². The summed E-state index contributed by atoms with van der Waals surface area (Å²) in [6.45, 7) is 3.61. The first-order valence-corrected chi connectivity index (χ1v) is 7.78. The molecule has 0 bridgehead atoms. The lowest BCUT2D eigenvalue weighted by atomic mass is 10.2. The van der Waals surface area contributed by atoms with E-state index in [0.717, 1.165) is 5.39 Å². The van der Waals surface area contributed by atoms with Crippen molar-refractivity contribution in [1.29, 1.82) is 0 Å². The number of aromatic nitrogens is 4. The van der Waals surface area contributed by atoms with Gasteiger partial charge in [0, 0.05) is 12.4 Å². The van der Waals surface area contributed by atoms with Gasteiger partial charge in [-0.3, -0.25) is 4.98 Å². The zero-order valence-electron chi connectivity index (χ0n) is 13.5. The van der Waals surface area contributed by atoms with Gasteiger partial charge in [-0.25, -0.2) is 14.4 Å². The number of nitrogens with one attached hydrogen (secondary N) is 2. The van der Waals surface area contributed by atoms with Gasteiger partial charge in [0.25, 0.3) is 0 Å². The molecule has 0 aromatic carbocycles. The average molecular weight is 323 g/mol. The second-order valence-electron chi connectivity index (χ2n) is 5.14. The van der Waals surface area contributed by atoms with E-state index in [0.29, 0.717) is 35.1 Å². The number of nitrogens with zero attached hydrogens (tertiary/aromatic N) is 3. The molecule has 0 radical (unpaired) electrons. The number of hydrogen-bond donors (Lipinski definition) is 2. The van der Waals surface area contributed by atoms with Gasteiger partial charge < -0.3 is 10.3 Å². The molecule has 6 heteroatoms. The fraction of sp³-hybridized carbons (Fsp3) is 0.167. The number of rotatable bonds is 5. The van der Waals surface area contributed by atoms with Gasteiger partial charge in [0.15, 0.2) is 5.82 Å². The van der Waals surface area contributed by atoms with E-state index in [9.17, 15) is 4.39 Å². The van der Waals surface area contributed by atoms with Crippen molar-refractivity contribution in [2.24, 2.45) is 0 Å². The number of pyridine rings is 1. The summed E-state index contributed by atoms with van der Waals surface area (Å²) in [5, 5.41) is 3.88. The summed E-state index contributed by atoms with van der Waals surface area (Å²) in [5.74, 6) is 0.696. The first-order chi connectivity index (χ1) is 11.7. The highest BCUT2D eigenvalue weighted by Crippen LogP contribution is 2.26. The molecule has 0 aliphatic rings. The van der Waals surface area contributed by atoms with E-state index in [1.807, 2.05) is 31.2 Å². The molecule has 122 valence electrons. The van der Waals surface area contributed by atoms with Crippen LogP contribution in [0.15, 0.2) is 60.3 Å². The smallest absolute Gasteiger partial charge is 0.182 e. The summed E-state index contributed by atoms with van der Waals surface area (Å²) in [6, 6.07) is 7.40. The lowest BCUT2D eigenvalue weighted by Crippen LogP contribution is -2.05. The van der Waals surface area contributed by atoms with Crippen LogP contribution in [0, 0.1) is 0 Å². The molecule has 3 aromatic heterocycles. The molecule has 3 heterocycles. The molecule has 3 rings (SSSR count). The molecule has 0 atom stereocenters. The maximum Gasteiger partial charge on any atom is 0.182 e. The van der Waals surface area contributed by atoms with Crippen LogP contribution < -0.4 is 5.32 Å². The van der Waals surface area contributed by atoms with E-state index in [1.165, 1.54) is 6.08 Å². The Balaban J connectivity index is 2.10. The SMILES string of the molecule is C/C=C(F)\C(=C/CC)Nc1nc(-c2ccccn2)nc2[nH]ccc12. The van der Waals surface area contributed by atoms with Crippen LogP contribution in [-0.4, -0.2) is 19.9 Å². The van der Waals surface area contributed by atoms with Crippen molar-refractivity contribution in [3.63, 3.8) is 0 Å². The predicted molar refractivity (Wildman–Crippen MR) is 94.0 cm³/mol. The molecule has 0 unspecified atom stereocenters. The van der Waals surface area contributed by atoms with Crippen molar-refractivity contribution >= 4 is 16.9 Å². The summed E-state index contributed by atoms with van der Waals surface area (Å²) in [7, 11) is 0. The summed E-state index contributed by atoms with van der Waals surface area (Å²) in [6.07, 6.45) is 7.38. The van der Waals surface area contributed by atoms with Crippen LogP contribution in [0.2, 0.25) is 0 Å². The zero-order valence-corrected chi connectivity index (χ0v) is 13.5. The van der Waals surface area contributed by atoms with E-state index < -0.39 is 0 Å². The molecule has 0 saturated heterocycles. The number of halogens is 1. The molecule has 0 amide bonds. The van der Waals surface area contributed by atoms with Gasteiger partial charge in [0.1, 0.15) is 23.0 Å². The fourth-order valence-corrected chi connectivity index (χ4v) is 2.34. The molecule has 24 heavy (non-hydrogen) atoms. The van der Waals surface area contributed by atoms with E-state index in [2.05, 4.69) is 25.3 Å². The van der Waals surface area contributed by atoms with Crippen LogP contribution in [0.25, 0.3) is 22.6 Å². The van der Waals surface area contributed by atoms with Gasteiger partial charge in [-0.1, -0.05) is 19.1 Å². The maximum absolute atomic E-state index is 14.1. The Morgan fingerprint density at radius 1 is 1.29 bits per heavy atom. The normalized spacial score (nSPS) is 12.6. The predicted octanol–water partition coefficient (Wildman–Crippen LogP) is 4.60. The third-order valence-corrected chi connectivity index (χ3v) is 3.48. The molecule has 0 aliphatic heterocycles. The highest BCUT2D eigenvalue weighted by molar-refractivity contribution is 5.89. The summed E-state index contributed by atoms with van der Waals surface area (Å²) in [5.41, 5.74) is 1.72. The molecule has 3 aromatic rings. The minimum atomic E-state index is -0.321. The Hall–Kier alpha value is -3.02. The standard InChI is InChI=1S/C18H18FN5/c1-3-7-14(13(19)4-2)22-17-12-9-11-21-16(12)23-18(24-17)15-8-5-6-10-20-15/h4-11H,3H2,1-2H3,(H2,21,22,23,24)/b13-4+,14-7+. The summed E-state index contributed by atoms with van der Waals surface area (Å²) < 4.78 is 14.1. The van der Waals surface area contributed by atoms with Crippen molar-refractivity contribution in [3.8, 4) is 11.5 Å². The van der Waals surface area contributed by atoms with Crippen molar-refractivity contribution in [3.05, 3.63) is 60.3 Å². The zero-order chi connectivity index (χ0) is 16.9. The Morgan fingerprint density at radius 3 is 2.88 bits per heavy atom. The van der Waals surface area contributed by atoms with Crippen molar-refractivity contribution < 1.29 is 4.39 Å². The summed E-state index contributed by atoms with van der Waals surface area (Å²) in [4.78, 5) is 16.4. The van der Waals surface area contributed by atoms with Crippen LogP contribution >= 0.6 is 0 Å². The van der Waals surface area contributed by atoms with Crippen LogP contribution in [-0.2, 0) is 0 Å². The van der Waals surface area contributed by atoms with Crippen LogP contribution in [0.4, 0.5) is 10.2 Å². The van der Waals surface area contributed by atoms with Gasteiger partial charge in [0.2, 0.25) is 0 Å². The fourth-order valence-electron chi connectivity index (χ4n) is 2.34. The van der Waals surface area contributed by atoms with Gasteiger partial charge in [-0.15, -0.1) is 0 Å². The topological polar surface area (TPSA) is 66.5 Å². The molecular formula is C18H18FN5. The average Bonchev–Trinajstić information content (AvgIpc) is 3.10. The number of allylic oxidation sites excluding steroid dienone is 3. The second-order valence-corrected chi connectivity index (χ2v) is 5.14. The minimum absolute atomic E-state index is 0.321. The van der Waals surface area contributed by atoms with E-state index in [4.69, 9.17) is 0 Å². The highest BCUT2D eigenvalue weighted by atomic mass is 19.1. The molecule has 5 nitrogen and oxygen atoms in total. The number of hydrogen-bond acceptors (Lipinski definition) is 4. The Kier molecular flexibility index (Phi) is 4.65. The van der Waals surface area contributed by atoms with Crippen LogP contribution in [0.5, 0.6) is 0 Å². The quantitative estimate of drug-likeness (QED) is 0.673. The summed E-state index contributed by atoms with van der Waals surface area (Å²) >= 11 is 0. The van der Waals surface area contributed by atoms with Gasteiger partial charge in [-0.05, 0) is 37.6 Å². The molecular weight excluding hydrogens is 305 g/mol. The molecule has 0 fully saturated rings. The molecule has 0 saturated carbocycles. The van der Waals surface area contributed by atoms with E-state index >= 15 is 0 Å². The van der Waals surface area contributed by atoms with Crippen molar-refractivity contribution in [2.75, 3.05) is 5.32 Å². The van der Waals surface area contributed by atoms with E-state index in [-0.39, 0.29) is 5.83 Å². The van der Waals surface area contributed by atoms with E-state index in [1.54, 1.807) is 25.4 Å². The lowest BCUT2D eigenvalue weighted by Gasteiger charge is -2.11. The monoisotopic (exact) mass is 323 g/mol. The van der Waals surface area contributed by atoms with Crippen molar-refractivity contribution in [2.45, 2.75) is 20.3 Å². The van der Waals surface area contributed by atoms with Gasteiger partial charge >= 0.3 is 0 Å². The number of fused-ring (bicyclic) bond motifs is 1. The van der Waals surface area contributed by atoms with Crippen LogP contribution in [0.1, 0.15) is 20.3 Å². The van der Waals surface area contributed by atoms with Gasteiger partial charge in [0.05, 0.1) is 11.1 Å². The Morgan fingerprint density at radius 2 is 2.17 bits per heavy atom. The molecule has 2 N–H and O–H groups in total. The van der Waals surface area contributed by atoms with Crippen molar-refractivity contribution in [1.82, 2.24) is 19.9 Å². The first-order valence-electron chi connectivity index (χ1n) is 7.78. The first kappa shape index (κ1) is 15.9.